The molecule has 0 heterocycles. The highest BCUT2D eigenvalue weighted by molar-refractivity contribution is 5.87. The molecule has 0 aromatic carbocycles. The van der Waals surface area contributed by atoms with E-state index in [1.165, 1.54) is 12.8 Å². The first-order chi connectivity index (χ1) is 6.84. The van der Waals surface area contributed by atoms with Crippen molar-refractivity contribution in [2.24, 2.45) is 17.6 Å². The molecule has 3 heteroatoms. The van der Waals surface area contributed by atoms with Crippen molar-refractivity contribution < 1.29 is 4.79 Å². The minimum Gasteiger partial charge on any atom is -0.349 e. The standard InChI is InChI=1S/C12H22N2O/c1-11(2,8-4-5-8)14-10(15)12(3,13)9-6-7-9/h8-9H,4-7,13H2,1-3H3,(H,14,15). The molecule has 2 aliphatic carbocycles. The summed E-state index contributed by atoms with van der Waals surface area (Å²) < 4.78 is 0. The third kappa shape index (κ3) is 2.17. The van der Waals surface area contributed by atoms with E-state index < -0.39 is 5.54 Å². The Morgan fingerprint density at radius 2 is 1.60 bits per heavy atom. The van der Waals surface area contributed by atoms with Crippen LogP contribution in [-0.2, 0) is 4.79 Å². The Balaban J connectivity index is 1.96. The van der Waals surface area contributed by atoms with Gasteiger partial charge in [-0.15, -0.1) is 0 Å². The molecule has 0 radical (unpaired) electrons. The molecular weight excluding hydrogens is 188 g/mol. The Morgan fingerprint density at radius 1 is 1.13 bits per heavy atom. The Labute approximate surface area is 91.8 Å². The largest absolute Gasteiger partial charge is 0.349 e. The molecule has 2 aliphatic rings. The van der Waals surface area contributed by atoms with E-state index in [2.05, 4.69) is 19.2 Å². The molecule has 1 unspecified atom stereocenters. The number of carbonyl (C=O) groups excluding carboxylic acids is 1. The molecular formula is C12H22N2O. The van der Waals surface area contributed by atoms with Crippen molar-refractivity contribution in [3.8, 4) is 0 Å². The number of hydrogen-bond acceptors (Lipinski definition) is 2. The van der Waals surface area contributed by atoms with Gasteiger partial charge >= 0.3 is 0 Å². The summed E-state index contributed by atoms with van der Waals surface area (Å²) in [5.74, 6) is 1.07. The average Bonchev–Trinajstić information content (AvgIpc) is 2.95. The van der Waals surface area contributed by atoms with Crippen molar-refractivity contribution in [3.05, 3.63) is 0 Å². The summed E-state index contributed by atoms with van der Waals surface area (Å²) in [6.07, 6.45) is 4.67. The zero-order valence-electron chi connectivity index (χ0n) is 9.97. The van der Waals surface area contributed by atoms with Crippen LogP contribution in [-0.4, -0.2) is 17.0 Å². The molecule has 2 rings (SSSR count). The van der Waals surface area contributed by atoms with Gasteiger partial charge in [0, 0.05) is 5.54 Å². The minimum absolute atomic E-state index is 0.0295. The molecule has 0 saturated heterocycles. The summed E-state index contributed by atoms with van der Waals surface area (Å²) in [6, 6.07) is 0. The summed E-state index contributed by atoms with van der Waals surface area (Å²) in [5, 5.41) is 3.12. The number of nitrogens with two attached hydrogens (primary N) is 1. The van der Waals surface area contributed by atoms with Crippen molar-refractivity contribution in [1.29, 1.82) is 0 Å². The van der Waals surface area contributed by atoms with E-state index >= 15 is 0 Å². The van der Waals surface area contributed by atoms with Crippen LogP contribution in [0.2, 0.25) is 0 Å². The highest BCUT2D eigenvalue weighted by Gasteiger charge is 2.47. The van der Waals surface area contributed by atoms with Gasteiger partial charge in [-0.05, 0) is 58.3 Å². The van der Waals surface area contributed by atoms with Gasteiger partial charge in [0.1, 0.15) is 0 Å². The second-order valence-electron chi connectivity index (χ2n) is 6.01. The zero-order chi connectivity index (χ0) is 11.3. The van der Waals surface area contributed by atoms with E-state index in [4.69, 9.17) is 5.73 Å². The molecule has 0 bridgehead atoms. The number of nitrogens with one attached hydrogen (secondary N) is 1. The molecule has 0 aromatic heterocycles. The van der Waals surface area contributed by atoms with Crippen LogP contribution in [0.4, 0.5) is 0 Å². The van der Waals surface area contributed by atoms with Gasteiger partial charge < -0.3 is 11.1 Å². The monoisotopic (exact) mass is 210 g/mol. The van der Waals surface area contributed by atoms with E-state index in [9.17, 15) is 4.79 Å². The van der Waals surface area contributed by atoms with Crippen molar-refractivity contribution in [1.82, 2.24) is 5.32 Å². The predicted molar refractivity (Wildman–Crippen MR) is 60.3 cm³/mol. The normalized spacial score (nSPS) is 25.9. The van der Waals surface area contributed by atoms with Gasteiger partial charge in [0.15, 0.2) is 0 Å². The summed E-state index contributed by atoms with van der Waals surface area (Å²) in [4.78, 5) is 12.1. The molecule has 86 valence electrons. The van der Waals surface area contributed by atoms with E-state index in [1.807, 2.05) is 6.92 Å². The maximum Gasteiger partial charge on any atom is 0.240 e. The molecule has 15 heavy (non-hydrogen) atoms. The van der Waals surface area contributed by atoms with Gasteiger partial charge in [0.2, 0.25) is 5.91 Å². The predicted octanol–water partition coefficient (Wildman–Crippen LogP) is 1.42. The van der Waals surface area contributed by atoms with Crippen LogP contribution in [0.1, 0.15) is 46.5 Å². The molecule has 2 fully saturated rings. The Kier molecular flexibility index (Phi) is 2.34. The molecule has 1 atom stereocenters. The average molecular weight is 210 g/mol. The highest BCUT2D eigenvalue weighted by Crippen LogP contribution is 2.41. The van der Waals surface area contributed by atoms with Gasteiger partial charge in [-0.25, -0.2) is 0 Å². The molecule has 2 saturated carbocycles. The van der Waals surface area contributed by atoms with Crippen molar-refractivity contribution in [2.75, 3.05) is 0 Å². The van der Waals surface area contributed by atoms with Gasteiger partial charge in [-0.3, -0.25) is 4.79 Å². The van der Waals surface area contributed by atoms with Gasteiger partial charge in [0.25, 0.3) is 0 Å². The summed E-state index contributed by atoms with van der Waals surface area (Å²) in [6.45, 7) is 6.07. The maximum atomic E-state index is 12.1. The fourth-order valence-corrected chi connectivity index (χ4v) is 2.20. The van der Waals surface area contributed by atoms with Crippen molar-refractivity contribution >= 4 is 5.91 Å². The second-order valence-corrected chi connectivity index (χ2v) is 6.01. The van der Waals surface area contributed by atoms with E-state index in [0.717, 1.165) is 12.8 Å². The van der Waals surface area contributed by atoms with Crippen molar-refractivity contribution in [3.63, 3.8) is 0 Å². The third-order valence-electron chi connectivity index (χ3n) is 3.95. The van der Waals surface area contributed by atoms with E-state index in [0.29, 0.717) is 11.8 Å². The lowest BCUT2D eigenvalue weighted by atomic mass is 9.92. The summed E-state index contributed by atoms with van der Waals surface area (Å²) >= 11 is 0. The molecule has 1 amide bonds. The molecule has 3 nitrogen and oxygen atoms in total. The number of carbonyl (C=O) groups is 1. The Hall–Kier alpha value is -0.570. The van der Waals surface area contributed by atoms with Crippen molar-refractivity contribution in [2.45, 2.75) is 57.5 Å². The maximum absolute atomic E-state index is 12.1. The summed E-state index contributed by atoms with van der Waals surface area (Å²) in [7, 11) is 0. The highest BCUT2D eigenvalue weighted by atomic mass is 16.2. The van der Waals surface area contributed by atoms with Gasteiger partial charge in [-0.1, -0.05) is 0 Å². The molecule has 3 N–H and O–H groups in total. The summed E-state index contributed by atoms with van der Waals surface area (Å²) in [5.41, 5.74) is 5.34. The fourth-order valence-electron chi connectivity index (χ4n) is 2.20. The lowest BCUT2D eigenvalue weighted by Gasteiger charge is -2.32. The smallest absolute Gasteiger partial charge is 0.240 e. The number of amides is 1. The van der Waals surface area contributed by atoms with Crippen LogP contribution in [0.5, 0.6) is 0 Å². The number of hydrogen-bond donors (Lipinski definition) is 2. The quantitative estimate of drug-likeness (QED) is 0.737. The molecule has 0 aliphatic heterocycles. The van der Waals surface area contributed by atoms with Crippen LogP contribution >= 0.6 is 0 Å². The van der Waals surface area contributed by atoms with Crippen LogP contribution < -0.4 is 11.1 Å². The first-order valence-corrected chi connectivity index (χ1v) is 5.95. The molecule has 0 aromatic rings. The first kappa shape index (κ1) is 10.9. The topological polar surface area (TPSA) is 55.1 Å². The Morgan fingerprint density at radius 3 is 2.00 bits per heavy atom. The SMILES string of the molecule is CC(C)(NC(=O)C(C)(N)C1CC1)C1CC1. The van der Waals surface area contributed by atoms with Crippen LogP contribution in [0.15, 0.2) is 0 Å². The minimum atomic E-state index is -0.661. The van der Waals surface area contributed by atoms with E-state index in [-0.39, 0.29) is 11.4 Å². The van der Waals surface area contributed by atoms with Gasteiger partial charge in [0.05, 0.1) is 5.54 Å². The molecule has 0 spiro atoms. The van der Waals surface area contributed by atoms with Crippen LogP contribution in [0.3, 0.4) is 0 Å². The lowest BCUT2D eigenvalue weighted by molar-refractivity contribution is -0.128. The zero-order valence-corrected chi connectivity index (χ0v) is 9.97. The lowest BCUT2D eigenvalue weighted by Crippen LogP contribution is -2.59. The second kappa shape index (κ2) is 3.21. The first-order valence-electron chi connectivity index (χ1n) is 5.95. The third-order valence-corrected chi connectivity index (χ3v) is 3.95. The fraction of sp³-hybridized carbons (Fsp3) is 0.917. The number of rotatable bonds is 4. The van der Waals surface area contributed by atoms with Gasteiger partial charge in [-0.2, -0.15) is 0 Å². The van der Waals surface area contributed by atoms with E-state index in [1.54, 1.807) is 0 Å². The van der Waals surface area contributed by atoms with Crippen LogP contribution in [0, 0.1) is 11.8 Å². The van der Waals surface area contributed by atoms with Crippen LogP contribution in [0.25, 0.3) is 0 Å². The Bertz CT molecular complexity index is 275.